The van der Waals surface area contributed by atoms with Crippen LogP contribution < -0.4 is 15.4 Å². The van der Waals surface area contributed by atoms with Crippen LogP contribution in [0.4, 0.5) is 0 Å². The first-order valence-corrected chi connectivity index (χ1v) is 8.74. The molecule has 0 radical (unpaired) electrons. The van der Waals surface area contributed by atoms with Crippen LogP contribution in [0.25, 0.3) is 0 Å². The van der Waals surface area contributed by atoms with E-state index in [4.69, 9.17) is 4.74 Å². The van der Waals surface area contributed by atoms with E-state index in [1.54, 1.807) is 14.2 Å². The van der Waals surface area contributed by atoms with Crippen LogP contribution in [-0.2, 0) is 33.0 Å². The number of rotatable bonds is 7. The SMILES string of the molecule is CCc1nn(C)c(CC)c1CNC(=NC)NCc1ccccc1OC.I. The van der Waals surface area contributed by atoms with E-state index in [2.05, 4.69) is 34.6 Å². The Bertz CT molecular complexity index is 727. The molecule has 0 amide bonds. The number of aliphatic imine (C=N–C) groups is 1. The van der Waals surface area contributed by atoms with Crippen LogP contribution >= 0.6 is 24.0 Å². The van der Waals surface area contributed by atoms with Gasteiger partial charge in [0.05, 0.1) is 12.8 Å². The summed E-state index contributed by atoms with van der Waals surface area (Å²) < 4.78 is 7.38. The highest BCUT2D eigenvalue weighted by Gasteiger charge is 2.14. The second-order valence-electron chi connectivity index (χ2n) is 5.79. The number of aromatic nitrogens is 2. The molecule has 0 bridgehead atoms. The molecule has 0 aliphatic carbocycles. The lowest BCUT2D eigenvalue weighted by Gasteiger charge is -2.14. The van der Waals surface area contributed by atoms with Gasteiger partial charge in [-0.3, -0.25) is 9.67 Å². The zero-order chi connectivity index (χ0) is 18.2. The molecule has 1 aromatic heterocycles. The minimum Gasteiger partial charge on any atom is -0.496 e. The first-order valence-electron chi connectivity index (χ1n) is 8.74. The third-order valence-electron chi connectivity index (χ3n) is 4.32. The van der Waals surface area contributed by atoms with Gasteiger partial charge in [-0.05, 0) is 18.9 Å². The van der Waals surface area contributed by atoms with Crippen molar-refractivity contribution < 1.29 is 4.74 Å². The van der Waals surface area contributed by atoms with E-state index in [0.29, 0.717) is 13.1 Å². The quantitative estimate of drug-likeness (QED) is 0.370. The smallest absolute Gasteiger partial charge is 0.191 e. The van der Waals surface area contributed by atoms with Crippen molar-refractivity contribution in [2.75, 3.05) is 14.2 Å². The Balaban J connectivity index is 0.00000338. The number of methoxy groups -OCH3 is 1. The molecule has 0 unspecified atom stereocenters. The fourth-order valence-corrected chi connectivity index (χ4v) is 3.01. The van der Waals surface area contributed by atoms with Crippen LogP contribution in [0.1, 0.15) is 36.4 Å². The van der Waals surface area contributed by atoms with E-state index in [9.17, 15) is 0 Å². The molecule has 1 aromatic carbocycles. The van der Waals surface area contributed by atoms with Crippen LogP contribution in [0.5, 0.6) is 5.75 Å². The van der Waals surface area contributed by atoms with Gasteiger partial charge in [-0.25, -0.2) is 0 Å². The molecule has 0 saturated heterocycles. The number of halogens is 1. The molecule has 0 aliphatic heterocycles. The molecule has 2 rings (SSSR count). The van der Waals surface area contributed by atoms with Crippen LogP contribution in [0.2, 0.25) is 0 Å². The largest absolute Gasteiger partial charge is 0.496 e. The lowest BCUT2D eigenvalue weighted by Crippen LogP contribution is -2.36. The highest BCUT2D eigenvalue weighted by Crippen LogP contribution is 2.17. The summed E-state index contributed by atoms with van der Waals surface area (Å²) in [7, 11) is 5.48. The molecule has 6 nitrogen and oxygen atoms in total. The van der Waals surface area contributed by atoms with Gasteiger partial charge < -0.3 is 15.4 Å². The Hall–Kier alpha value is -1.77. The number of aryl methyl sites for hydroxylation is 2. The number of nitrogens with zero attached hydrogens (tertiary/aromatic N) is 3. The fraction of sp³-hybridized carbons (Fsp3) is 0.474. The third kappa shape index (κ3) is 5.36. The monoisotopic (exact) mass is 471 g/mol. The van der Waals surface area contributed by atoms with Crippen LogP contribution in [0, 0.1) is 0 Å². The van der Waals surface area contributed by atoms with Gasteiger partial charge in [0.2, 0.25) is 0 Å². The molecule has 0 aliphatic rings. The molecule has 0 saturated carbocycles. The van der Waals surface area contributed by atoms with E-state index in [0.717, 1.165) is 35.8 Å². The molecule has 0 fully saturated rings. The number of hydrogen-bond donors (Lipinski definition) is 2. The number of para-hydroxylation sites is 1. The van der Waals surface area contributed by atoms with E-state index in [1.807, 2.05) is 36.0 Å². The molecule has 7 heteroatoms. The normalized spacial score (nSPS) is 11.0. The topological polar surface area (TPSA) is 63.5 Å². The summed E-state index contributed by atoms with van der Waals surface area (Å²) in [6.07, 6.45) is 1.89. The summed E-state index contributed by atoms with van der Waals surface area (Å²) in [5.41, 5.74) is 4.78. The van der Waals surface area contributed by atoms with E-state index >= 15 is 0 Å². The van der Waals surface area contributed by atoms with Gasteiger partial charge >= 0.3 is 0 Å². The summed E-state index contributed by atoms with van der Waals surface area (Å²) in [5.74, 6) is 1.64. The van der Waals surface area contributed by atoms with Crippen molar-refractivity contribution in [3.05, 3.63) is 46.8 Å². The summed E-state index contributed by atoms with van der Waals surface area (Å²) in [4.78, 5) is 4.32. The maximum Gasteiger partial charge on any atom is 0.191 e. The molecular formula is C19H30IN5O. The first kappa shape index (κ1) is 22.3. The van der Waals surface area contributed by atoms with Gasteiger partial charge in [0.15, 0.2) is 5.96 Å². The summed E-state index contributed by atoms with van der Waals surface area (Å²) in [5, 5.41) is 11.4. The van der Waals surface area contributed by atoms with Crippen molar-refractivity contribution >= 4 is 29.9 Å². The Kier molecular flexibility index (Phi) is 9.47. The molecule has 0 spiro atoms. The Morgan fingerprint density at radius 3 is 2.46 bits per heavy atom. The van der Waals surface area contributed by atoms with Crippen LogP contribution in [0.15, 0.2) is 29.3 Å². The highest BCUT2D eigenvalue weighted by molar-refractivity contribution is 14.0. The summed E-state index contributed by atoms with van der Waals surface area (Å²) in [6.45, 7) is 5.67. The molecule has 0 atom stereocenters. The standard InChI is InChI=1S/C19H29N5O.HI/c1-6-16-15(17(7-2)24(4)23-16)13-22-19(20-3)21-12-14-10-8-9-11-18(14)25-5;/h8-11H,6-7,12-13H2,1-5H3,(H2,20,21,22);1H. The third-order valence-corrected chi connectivity index (χ3v) is 4.32. The number of guanidine groups is 1. The molecule has 2 aromatic rings. The van der Waals surface area contributed by atoms with Gasteiger partial charge in [-0.1, -0.05) is 32.0 Å². The maximum atomic E-state index is 5.39. The van der Waals surface area contributed by atoms with Crippen LogP contribution in [-0.4, -0.2) is 29.9 Å². The Morgan fingerprint density at radius 1 is 1.15 bits per heavy atom. The number of hydrogen-bond acceptors (Lipinski definition) is 3. The van der Waals surface area contributed by atoms with Crippen molar-refractivity contribution in [1.29, 1.82) is 0 Å². The highest BCUT2D eigenvalue weighted by atomic mass is 127. The van der Waals surface area contributed by atoms with Gasteiger partial charge in [0, 0.05) is 44.0 Å². The number of ether oxygens (including phenoxy) is 1. The minimum atomic E-state index is 0. The predicted molar refractivity (Wildman–Crippen MR) is 117 cm³/mol. The summed E-state index contributed by atoms with van der Waals surface area (Å²) in [6, 6.07) is 7.98. The van der Waals surface area contributed by atoms with E-state index in [1.165, 1.54) is 11.3 Å². The maximum absolute atomic E-state index is 5.39. The number of benzene rings is 1. The molecule has 144 valence electrons. The van der Waals surface area contributed by atoms with Gasteiger partial charge in [-0.2, -0.15) is 5.10 Å². The van der Waals surface area contributed by atoms with Crippen LogP contribution in [0.3, 0.4) is 0 Å². The second kappa shape index (κ2) is 11.1. The Morgan fingerprint density at radius 2 is 1.85 bits per heavy atom. The van der Waals surface area contributed by atoms with Crippen molar-refractivity contribution in [2.45, 2.75) is 39.8 Å². The lowest BCUT2D eigenvalue weighted by atomic mass is 10.1. The number of nitrogens with one attached hydrogen (secondary N) is 2. The summed E-state index contributed by atoms with van der Waals surface area (Å²) >= 11 is 0. The zero-order valence-electron chi connectivity index (χ0n) is 16.3. The van der Waals surface area contributed by atoms with Gasteiger partial charge in [0.1, 0.15) is 5.75 Å². The first-order chi connectivity index (χ1) is 12.1. The van der Waals surface area contributed by atoms with Gasteiger partial charge in [0.25, 0.3) is 0 Å². The van der Waals surface area contributed by atoms with Crippen molar-refractivity contribution in [3.63, 3.8) is 0 Å². The average Bonchev–Trinajstić information content (AvgIpc) is 2.96. The van der Waals surface area contributed by atoms with Crippen molar-refractivity contribution in [1.82, 2.24) is 20.4 Å². The fourth-order valence-electron chi connectivity index (χ4n) is 3.01. The minimum absolute atomic E-state index is 0. The average molecular weight is 471 g/mol. The van der Waals surface area contributed by atoms with E-state index < -0.39 is 0 Å². The predicted octanol–water partition coefficient (Wildman–Crippen LogP) is 3.04. The molecule has 26 heavy (non-hydrogen) atoms. The zero-order valence-corrected chi connectivity index (χ0v) is 18.6. The van der Waals surface area contributed by atoms with Crippen molar-refractivity contribution in [2.24, 2.45) is 12.0 Å². The molecular weight excluding hydrogens is 441 g/mol. The van der Waals surface area contributed by atoms with Gasteiger partial charge in [-0.15, -0.1) is 24.0 Å². The lowest BCUT2D eigenvalue weighted by molar-refractivity contribution is 0.409. The van der Waals surface area contributed by atoms with E-state index in [-0.39, 0.29) is 24.0 Å². The molecule has 1 heterocycles. The van der Waals surface area contributed by atoms with Crippen molar-refractivity contribution in [3.8, 4) is 5.75 Å². The second-order valence-corrected chi connectivity index (χ2v) is 5.79. The molecule has 2 N–H and O–H groups in total. The Labute approximate surface area is 173 Å².